The molecule has 4 rings (SSSR count). The molecule has 2 heterocycles. The van der Waals surface area contributed by atoms with Crippen LogP contribution < -0.4 is 5.32 Å². The van der Waals surface area contributed by atoms with Gasteiger partial charge >= 0.3 is 0 Å². The van der Waals surface area contributed by atoms with E-state index in [1.165, 1.54) is 0 Å². The second kappa shape index (κ2) is 5.42. The Kier molecular flexibility index (Phi) is 3.12. The minimum Gasteiger partial charge on any atom is -0.322 e. The van der Waals surface area contributed by atoms with E-state index in [1.54, 1.807) is 29.2 Å². The molecule has 0 aliphatic heterocycles. The van der Waals surface area contributed by atoms with E-state index in [0.29, 0.717) is 5.56 Å². The lowest BCUT2D eigenvalue weighted by Gasteiger charge is -2.06. The molecule has 23 heavy (non-hydrogen) atoms. The number of carbonyl (C=O) groups is 1. The zero-order valence-electron chi connectivity index (χ0n) is 12.1. The van der Waals surface area contributed by atoms with E-state index in [0.717, 1.165) is 22.3 Å². The second-order valence-electron chi connectivity index (χ2n) is 5.12. The normalized spacial score (nSPS) is 10.8. The van der Waals surface area contributed by atoms with Gasteiger partial charge in [-0.3, -0.25) is 9.89 Å². The van der Waals surface area contributed by atoms with Gasteiger partial charge in [0.1, 0.15) is 0 Å². The van der Waals surface area contributed by atoms with Gasteiger partial charge in [-0.25, -0.2) is 4.68 Å². The number of carbonyl (C=O) groups excluding carboxylic acids is 1. The van der Waals surface area contributed by atoms with E-state index in [2.05, 4.69) is 20.6 Å². The van der Waals surface area contributed by atoms with Gasteiger partial charge in [-0.2, -0.15) is 10.2 Å². The van der Waals surface area contributed by atoms with Crippen molar-refractivity contribution in [1.29, 1.82) is 0 Å². The van der Waals surface area contributed by atoms with Crippen LogP contribution in [0.5, 0.6) is 0 Å². The predicted molar refractivity (Wildman–Crippen MR) is 87.6 cm³/mol. The second-order valence-corrected chi connectivity index (χ2v) is 5.12. The van der Waals surface area contributed by atoms with Crippen molar-refractivity contribution in [3.05, 3.63) is 72.7 Å². The zero-order valence-corrected chi connectivity index (χ0v) is 12.1. The quantitative estimate of drug-likeness (QED) is 0.611. The van der Waals surface area contributed by atoms with Crippen LogP contribution in [0.2, 0.25) is 0 Å². The molecule has 0 unspecified atom stereocenters. The van der Waals surface area contributed by atoms with E-state index in [-0.39, 0.29) is 5.91 Å². The summed E-state index contributed by atoms with van der Waals surface area (Å²) in [4.78, 5) is 12.3. The molecule has 2 aromatic heterocycles. The molecular formula is C17H13N5O. The van der Waals surface area contributed by atoms with Crippen LogP contribution in [0.15, 0.2) is 67.1 Å². The average Bonchev–Trinajstić information content (AvgIpc) is 3.26. The number of amides is 1. The number of benzene rings is 2. The van der Waals surface area contributed by atoms with E-state index >= 15 is 0 Å². The molecule has 0 saturated carbocycles. The topological polar surface area (TPSA) is 75.6 Å². The molecule has 112 valence electrons. The lowest BCUT2D eigenvalue weighted by Crippen LogP contribution is -2.11. The Morgan fingerprint density at radius 3 is 2.78 bits per heavy atom. The maximum Gasteiger partial charge on any atom is 0.255 e. The van der Waals surface area contributed by atoms with Crippen molar-refractivity contribution >= 4 is 22.5 Å². The van der Waals surface area contributed by atoms with Gasteiger partial charge in [-0.1, -0.05) is 0 Å². The van der Waals surface area contributed by atoms with Gasteiger partial charge in [0.2, 0.25) is 0 Å². The number of rotatable bonds is 3. The monoisotopic (exact) mass is 303 g/mol. The minimum atomic E-state index is -0.153. The minimum absolute atomic E-state index is 0.153. The third-order valence-electron chi connectivity index (χ3n) is 3.60. The summed E-state index contributed by atoms with van der Waals surface area (Å²) in [5.74, 6) is -0.153. The molecule has 0 fully saturated rings. The van der Waals surface area contributed by atoms with Crippen molar-refractivity contribution in [2.45, 2.75) is 0 Å². The van der Waals surface area contributed by atoms with Gasteiger partial charge in [0.05, 0.1) is 17.4 Å². The van der Waals surface area contributed by atoms with Gasteiger partial charge in [0.25, 0.3) is 5.91 Å². The van der Waals surface area contributed by atoms with Crippen molar-refractivity contribution in [1.82, 2.24) is 20.0 Å². The Bertz CT molecular complexity index is 954. The van der Waals surface area contributed by atoms with Gasteiger partial charge in [-0.05, 0) is 48.5 Å². The Morgan fingerprint density at radius 1 is 1.13 bits per heavy atom. The molecular weight excluding hydrogens is 290 g/mol. The van der Waals surface area contributed by atoms with Crippen LogP contribution in [0.25, 0.3) is 16.6 Å². The van der Waals surface area contributed by atoms with Gasteiger partial charge < -0.3 is 5.32 Å². The van der Waals surface area contributed by atoms with Crippen molar-refractivity contribution < 1.29 is 4.79 Å². The first-order valence-electron chi connectivity index (χ1n) is 7.14. The summed E-state index contributed by atoms with van der Waals surface area (Å²) in [6.07, 6.45) is 5.30. The number of hydrogen-bond donors (Lipinski definition) is 2. The Balaban J connectivity index is 1.54. The molecule has 6 heteroatoms. The Morgan fingerprint density at radius 2 is 2.00 bits per heavy atom. The van der Waals surface area contributed by atoms with E-state index in [1.807, 2.05) is 42.6 Å². The summed E-state index contributed by atoms with van der Waals surface area (Å²) in [6.45, 7) is 0. The summed E-state index contributed by atoms with van der Waals surface area (Å²) in [6, 6.07) is 14.8. The Labute approximate surface area is 131 Å². The maximum absolute atomic E-state index is 12.3. The highest BCUT2D eigenvalue weighted by molar-refractivity contribution is 6.05. The maximum atomic E-state index is 12.3. The molecule has 2 N–H and O–H groups in total. The number of nitrogens with zero attached hydrogens (tertiary/aromatic N) is 3. The molecule has 0 bridgehead atoms. The molecule has 0 aliphatic rings. The average molecular weight is 303 g/mol. The van der Waals surface area contributed by atoms with E-state index in [9.17, 15) is 4.79 Å². The summed E-state index contributed by atoms with van der Waals surface area (Å²) >= 11 is 0. The van der Waals surface area contributed by atoms with Crippen LogP contribution in [0.1, 0.15) is 10.4 Å². The van der Waals surface area contributed by atoms with E-state index in [4.69, 9.17) is 0 Å². The predicted octanol–water partition coefficient (Wildman–Crippen LogP) is 3.00. The molecule has 0 radical (unpaired) electrons. The highest BCUT2D eigenvalue weighted by Crippen LogP contribution is 2.18. The summed E-state index contributed by atoms with van der Waals surface area (Å²) in [5.41, 5.74) is 3.17. The molecule has 1 amide bonds. The largest absolute Gasteiger partial charge is 0.322 e. The lowest BCUT2D eigenvalue weighted by molar-refractivity contribution is 0.102. The number of H-pyrrole nitrogens is 1. The zero-order chi connectivity index (χ0) is 15.6. The smallest absolute Gasteiger partial charge is 0.255 e. The van der Waals surface area contributed by atoms with Crippen LogP contribution >= 0.6 is 0 Å². The van der Waals surface area contributed by atoms with Crippen LogP contribution in [0, 0.1) is 0 Å². The highest BCUT2D eigenvalue weighted by atomic mass is 16.1. The molecule has 6 nitrogen and oxygen atoms in total. The molecule has 2 aromatic carbocycles. The first-order valence-corrected chi connectivity index (χ1v) is 7.14. The number of nitrogens with one attached hydrogen (secondary N) is 2. The van der Waals surface area contributed by atoms with Crippen LogP contribution in [-0.4, -0.2) is 25.9 Å². The van der Waals surface area contributed by atoms with Gasteiger partial charge in [-0.15, -0.1) is 0 Å². The number of fused-ring (bicyclic) bond motifs is 1. The third-order valence-corrected chi connectivity index (χ3v) is 3.60. The number of aromatic amines is 1. The number of anilines is 1. The van der Waals surface area contributed by atoms with Crippen molar-refractivity contribution in [2.75, 3.05) is 5.32 Å². The highest BCUT2D eigenvalue weighted by Gasteiger charge is 2.07. The van der Waals surface area contributed by atoms with Crippen LogP contribution in [0.4, 0.5) is 5.69 Å². The summed E-state index contributed by atoms with van der Waals surface area (Å²) in [7, 11) is 0. The van der Waals surface area contributed by atoms with Crippen molar-refractivity contribution in [3.8, 4) is 5.69 Å². The van der Waals surface area contributed by atoms with Gasteiger partial charge in [0.15, 0.2) is 0 Å². The molecule has 0 atom stereocenters. The Hall–Kier alpha value is -3.41. The van der Waals surface area contributed by atoms with E-state index < -0.39 is 0 Å². The van der Waals surface area contributed by atoms with Crippen LogP contribution in [-0.2, 0) is 0 Å². The molecule has 0 saturated heterocycles. The fraction of sp³-hybridized carbons (Fsp3) is 0. The van der Waals surface area contributed by atoms with Crippen molar-refractivity contribution in [3.63, 3.8) is 0 Å². The standard InChI is InChI=1S/C17H13N5O/c23-17(20-14-4-7-16-13(10-14)11-18-21-16)12-2-5-15(6-3-12)22-9-1-8-19-22/h1-11H,(H,18,21)(H,20,23). The number of hydrogen-bond acceptors (Lipinski definition) is 3. The lowest BCUT2D eigenvalue weighted by atomic mass is 10.2. The number of aromatic nitrogens is 4. The molecule has 4 aromatic rings. The van der Waals surface area contributed by atoms with Gasteiger partial charge in [0, 0.05) is 29.0 Å². The molecule has 0 aliphatic carbocycles. The fourth-order valence-corrected chi connectivity index (χ4v) is 2.41. The first-order chi connectivity index (χ1) is 11.3. The third kappa shape index (κ3) is 2.57. The summed E-state index contributed by atoms with van der Waals surface area (Å²) in [5, 5.41) is 14.9. The fourth-order valence-electron chi connectivity index (χ4n) is 2.41. The SMILES string of the molecule is O=C(Nc1ccc2[nH]ncc2c1)c1ccc(-n2cccn2)cc1. The van der Waals surface area contributed by atoms with Crippen molar-refractivity contribution in [2.24, 2.45) is 0 Å². The van der Waals surface area contributed by atoms with Crippen LogP contribution in [0.3, 0.4) is 0 Å². The summed E-state index contributed by atoms with van der Waals surface area (Å²) < 4.78 is 1.74. The molecule has 0 spiro atoms. The first kappa shape index (κ1) is 13.3.